The van der Waals surface area contributed by atoms with Gasteiger partial charge in [0.25, 0.3) is 0 Å². The lowest BCUT2D eigenvalue weighted by molar-refractivity contribution is 0.468. The Morgan fingerprint density at radius 1 is 0.754 bits per heavy atom. The third kappa shape index (κ3) is 6.81. The first-order valence-electron chi connectivity index (χ1n) is 26.4. The number of hydrogen-bond acceptors (Lipinski definition) is 2. The summed E-state index contributed by atoms with van der Waals surface area (Å²) >= 11 is 0. The van der Waals surface area contributed by atoms with Crippen LogP contribution in [0.2, 0.25) is 0 Å². The van der Waals surface area contributed by atoms with E-state index in [0.29, 0.717) is 5.92 Å². The molecule has 6 aliphatic carbocycles. The van der Waals surface area contributed by atoms with E-state index in [-0.39, 0.29) is 5.41 Å². The Morgan fingerprint density at radius 2 is 1.58 bits per heavy atom. The van der Waals surface area contributed by atoms with Gasteiger partial charge in [-0.3, -0.25) is 0 Å². The lowest BCUT2D eigenvalue weighted by Gasteiger charge is -2.31. The van der Waals surface area contributed by atoms with Crippen LogP contribution in [0.15, 0.2) is 155 Å². The number of nitrogens with zero attached hydrogens (tertiary/aromatic N) is 2. The molecule has 0 radical (unpaired) electrons. The minimum atomic E-state index is -0.0891. The first-order valence-corrected chi connectivity index (χ1v) is 26.4. The van der Waals surface area contributed by atoms with Crippen molar-refractivity contribution in [2.45, 2.75) is 129 Å². The van der Waals surface area contributed by atoms with Crippen molar-refractivity contribution in [1.29, 1.82) is 0 Å². The van der Waals surface area contributed by atoms with Gasteiger partial charge in [-0.05, 0) is 181 Å². The Labute approximate surface area is 409 Å². The molecular weight excluding hydrogens is 837 g/mol. The van der Waals surface area contributed by atoms with Gasteiger partial charge in [-0.25, -0.2) is 0 Å². The standard InChI is InChI=1S/C66H64N2O/c1-5-7-22-61-51(6-2)57-38-30-46-40-45-15-8-9-16-52(45)63(46)64(57)68(61)49-33-26-43(27-34-49)42-24-31-47(32-25-42)67(50-37-39-55-54-17-10-12-21-59(54)66(3,4)60(55)41-50)48-35-28-44(29-36-48)53-19-14-20-58-56-18-11-13-23-62(56)69-65(53)58/h8,10,12,15,17,19,21,24,26-39,41-42H,5-7,9,11,13-14,16,18,20,22-23,25,40H2,1-4H3. The molecule has 3 nitrogen and oxygen atoms in total. The van der Waals surface area contributed by atoms with Crippen LogP contribution in [0.1, 0.15) is 152 Å². The van der Waals surface area contributed by atoms with E-state index >= 15 is 0 Å². The predicted molar refractivity (Wildman–Crippen MR) is 288 cm³/mol. The third-order valence-corrected chi connectivity index (χ3v) is 17.0. The Balaban J connectivity index is 0.843. The van der Waals surface area contributed by atoms with Crippen molar-refractivity contribution >= 4 is 33.4 Å². The van der Waals surface area contributed by atoms with Gasteiger partial charge < -0.3 is 13.9 Å². The van der Waals surface area contributed by atoms with Crippen molar-refractivity contribution in [3.63, 3.8) is 0 Å². The molecule has 1 unspecified atom stereocenters. The van der Waals surface area contributed by atoms with E-state index in [2.05, 4.69) is 177 Å². The summed E-state index contributed by atoms with van der Waals surface area (Å²) in [7, 11) is 0. The molecule has 0 amide bonds. The molecule has 0 spiro atoms. The number of unbranched alkanes of at least 4 members (excludes halogenated alkanes) is 1. The SMILES string of the molecule is CCCCc1c(CC)c2ccc3c(c2n1-c1ccc(C2C=CC(N(c4ccc(C5=CCCc6c5oc5c6CCCC5)cc4)c4ccc5c(c4)C(C)(C)c4ccccc4-5)=CC2)cc1)C1=C(C=CCC1)C3. The van der Waals surface area contributed by atoms with Crippen molar-refractivity contribution in [2.24, 2.45) is 0 Å². The number of furan rings is 1. The largest absolute Gasteiger partial charge is 0.460 e. The summed E-state index contributed by atoms with van der Waals surface area (Å²) in [5, 5.41) is 1.45. The van der Waals surface area contributed by atoms with E-state index in [4.69, 9.17) is 4.42 Å². The van der Waals surface area contributed by atoms with Crippen LogP contribution in [0.25, 0.3) is 38.9 Å². The molecule has 344 valence electrons. The normalized spacial score (nSPS) is 18.3. The summed E-state index contributed by atoms with van der Waals surface area (Å²) in [4.78, 5) is 2.49. The van der Waals surface area contributed by atoms with Gasteiger partial charge in [0.15, 0.2) is 0 Å². The van der Waals surface area contributed by atoms with Crippen molar-refractivity contribution in [3.05, 3.63) is 218 Å². The number of aromatic nitrogens is 1. The van der Waals surface area contributed by atoms with Crippen molar-refractivity contribution in [2.75, 3.05) is 4.90 Å². The minimum absolute atomic E-state index is 0.0891. The molecule has 69 heavy (non-hydrogen) atoms. The molecule has 7 aromatic rings. The maximum absolute atomic E-state index is 6.68. The number of fused-ring (bicyclic) bond motifs is 10. The maximum Gasteiger partial charge on any atom is 0.138 e. The van der Waals surface area contributed by atoms with Gasteiger partial charge in [0.05, 0.1) is 5.52 Å². The van der Waals surface area contributed by atoms with Crippen LogP contribution in [0.5, 0.6) is 0 Å². The van der Waals surface area contributed by atoms with Gasteiger partial charge in [-0.2, -0.15) is 0 Å². The summed E-state index contributed by atoms with van der Waals surface area (Å²) in [6, 6.07) is 40.0. The third-order valence-electron chi connectivity index (χ3n) is 17.0. The van der Waals surface area contributed by atoms with E-state index in [1.54, 1.807) is 5.57 Å². The van der Waals surface area contributed by atoms with E-state index in [1.807, 2.05) is 0 Å². The smallest absolute Gasteiger partial charge is 0.138 e. The minimum Gasteiger partial charge on any atom is -0.460 e. The second kappa shape index (κ2) is 16.8. The van der Waals surface area contributed by atoms with Crippen LogP contribution in [-0.4, -0.2) is 4.57 Å². The molecule has 0 N–H and O–H groups in total. The van der Waals surface area contributed by atoms with Gasteiger partial charge in [-0.15, -0.1) is 0 Å². The zero-order valence-corrected chi connectivity index (χ0v) is 41.1. The average molecular weight is 901 g/mol. The van der Waals surface area contributed by atoms with E-state index in [0.717, 1.165) is 70.0 Å². The Bertz CT molecular complexity index is 3370. The van der Waals surface area contributed by atoms with Crippen molar-refractivity contribution in [3.8, 4) is 16.8 Å². The molecule has 3 heteroatoms. The first kappa shape index (κ1) is 42.5. The highest BCUT2D eigenvalue weighted by molar-refractivity contribution is 6.00. The lowest BCUT2D eigenvalue weighted by Crippen LogP contribution is -2.19. The van der Waals surface area contributed by atoms with Crippen LogP contribution in [0.3, 0.4) is 0 Å². The average Bonchev–Trinajstić information content (AvgIpc) is 4.12. The topological polar surface area (TPSA) is 21.3 Å². The van der Waals surface area contributed by atoms with Crippen LogP contribution in [0, 0.1) is 0 Å². The molecule has 2 heterocycles. The van der Waals surface area contributed by atoms with Crippen LogP contribution in [0.4, 0.5) is 11.4 Å². The fourth-order valence-corrected chi connectivity index (χ4v) is 13.5. The predicted octanol–water partition coefficient (Wildman–Crippen LogP) is 17.1. The molecule has 1 atom stereocenters. The highest BCUT2D eigenvalue weighted by atomic mass is 16.3. The molecule has 5 aromatic carbocycles. The van der Waals surface area contributed by atoms with Crippen LogP contribution >= 0.6 is 0 Å². The van der Waals surface area contributed by atoms with Gasteiger partial charge in [0.2, 0.25) is 0 Å². The number of hydrogen-bond donors (Lipinski definition) is 0. The fourth-order valence-electron chi connectivity index (χ4n) is 13.5. The van der Waals surface area contributed by atoms with Crippen molar-refractivity contribution < 1.29 is 4.42 Å². The second-order valence-corrected chi connectivity index (χ2v) is 21.2. The molecule has 0 fully saturated rings. The maximum atomic E-state index is 6.68. The molecule has 2 aromatic heterocycles. The highest BCUT2D eigenvalue weighted by Gasteiger charge is 2.36. The van der Waals surface area contributed by atoms with Gasteiger partial charge in [-0.1, -0.05) is 131 Å². The zero-order valence-electron chi connectivity index (χ0n) is 41.1. The summed E-state index contributed by atoms with van der Waals surface area (Å²) in [5.41, 5.74) is 27.7. The zero-order chi connectivity index (χ0) is 46.4. The first-order chi connectivity index (χ1) is 33.9. The number of anilines is 2. The second-order valence-electron chi connectivity index (χ2n) is 21.2. The summed E-state index contributed by atoms with van der Waals surface area (Å²) in [6.45, 7) is 9.45. The van der Waals surface area contributed by atoms with Crippen LogP contribution < -0.4 is 4.90 Å². The Morgan fingerprint density at radius 3 is 2.41 bits per heavy atom. The molecule has 0 aliphatic heterocycles. The van der Waals surface area contributed by atoms with Gasteiger partial charge >= 0.3 is 0 Å². The van der Waals surface area contributed by atoms with Gasteiger partial charge in [0, 0.05) is 68.3 Å². The Hall–Kier alpha value is -6.58. The lowest BCUT2D eigenvalue weighted by atomic mass is 9.82. The molecule has 13 rings (SSSR count). The Kier molecular flexibility index (Phi) is 10.4. The number of rotatable bonds is 10. The molecular formula is C66H64N2O. The molecule has 6 aliphatic rings. The monoisotopic (exact) mass is 901 g/mol. The molecule has 0 bridgehead atoms. The number of benzene rings is 5. The van der Waals surface area contributed by atoms with E-state index in [9.17, 15) is 0 Å². The molecule has 0 saturated carbocycles. The summed E-state index contributed by atoms with van der Waals surface area (Å²) in [6.07, 6.45) is 30.2. The quantitative estimate of drug-likeness (QED) is 0.136. The summed E-state index contributed by atoms with van der Waals surface area (Å²) in [5.74, 6) is 2.66. The van der Waals surface area contributed by atoms with Gasteiger partial charge in [0.1, 0.15) is 11.5 Å². The fraction of sp³-hybridized carbons (Fsp3) is 0.303. The summed E-state index contributed by atoms with van der Waals surface area (Å²) < 4.78 is 9.36. The highest BCUT2D eigenvalue weighted by Crippen LogP contribution is 2.51. The van der Waals surface area contributed by atoms with Crippen molar-refractivity contribution in [1.82, 2.24) is 4.57 Å². The van der Waals surface area contributed by atoms with Crippen LogP contribution in [-0.2, 0) is 43.9 Å². The van der Waals surface area contributed by atoms with E-state index in [1.165, 1.54) is 143 Å². The van der Waals surface area contributed by atoms with E-state index < -0.39 is 0 Å². The number of aryl methyl sites for hydroxylation is 2. The molecule has 0 saturated heterocycles. The number of allylic oxidation sites excluding steroid dienone is 8.